The Bertz CT molecular complexity index is 462. The van der Waals surface area contributed by atoms with E-state index in [0.717, 1.165) is 19.5 Å². The lowest BCUT2D eigenvalue weighted by Crippen LogP contribution is -2.30. The summed E-state index contributed by atoms with van der Waals surface area (Å²) < 4.78 is 5.58. The number of hydrogen-bond acceptors (Lipinski definition) is 4. The van der Waals surface area contributed by atoms with E-state index in [-0.39, 0.29) is 12.3 Å². The van der Waals surface area contributed by atoms with E-state index >= 15 is 0 Å². The molecule has 0 radical (unpaired) electrons. The smallest absolute Gasteiger partial charge is 0.276 e. The molecule has 1 saturated heterocycles. The average molecular weight is 299 g/mol. The Morgan fingerprint density at radius 1 is 1.50 bits per heavy atom. The van der Waals surface area contributed by atoms with Gasteiger partial charge in [0.05, 0.1) is 22.1 Å². The molecule has 1 N–H and O–H groups in total. The van der Waals surface area contributed by atoms with Crippen LogP contribution in [0.2, 0.25) is 5.02 Å². The summed E-state index contributed by atoms with van der Waals surface area (Å²) in [6.45, 7) is 2.93. The molecule has 6 heteroatoms. The van der Waals surface area contributed by atoms with Crippen LogP contribution in [0.15, 0.2) is 18.2 Å². The van der Waals surface area contributed by atoms with Crippen molar-refractivity contribution in [1.29, 1.82) is 0 Å². The Labute approximate surface area is 123 Å². The first-order valence-corrected chi connectivity index (χ1v) is 7.26. The van der Waals surface area contributed by atoms with Crippen LogP contribution in [0.5, 0.6) is 0 Å². The fourth-order valence-electron chi connectivity index (χ4n) is 2.46. The molecular weight excluding hydrogens is 280 g/mol. The summed E-state index contributed by atoms with van der Waals surface area (Å²) in [5.74, 6) is 0.644. The number of rotatable bonds is 6. The molecule has 5 nitrogen and oxygen atoms in total. The van der Waals surface area contributed by atoms with Crippen molar-refractivity contribution in [2.45, 2.75) is 25.9 Å². The first-order valence-electron chi connectivity index (χ1n) is 6.88. The Hall–Kier alpha value is -1.17. The fraction of sp³-hybridized carbons (Fsp3) is 0.571. The van der Waals surface area contributed by atoms with E-state index in [2.05, 4.69) is 5.32 Å². The number of benzene rings is 1. The summed E-state index contributed by atoms with van der Waals surface area (Å²) in [7, 11) is 0. The fourth-order valence-corrected chi connectivity index (χ4v) is 2.68. The minimum Gasteiger partial charge on any atom is -0.376 e. The van der Waals surface area contributed by atoms with Gasteiger partial charge in [0.1, 0.15) is 0 Å². The first-order chi connectivity index (χ1) is 9.68. The predicted octanol–water partition coefficient (Wildman–Crippen LogP) is 3.15. The van der Waals surface area contributed by atoms with Crippen LogP contribution < -0.4 is 5.32 Å². The van der Waals surface area contributed by atoms with Crippen LogP contribution in [0.1, 0.15) is 24.8 Å². The van der Waals surface area contributed by atoms with Crippen LogP contribution in [0.4, 0.5) is 5.69 Å². The lowest BCUT2D eigenvalue weighted by molar-refractivity contribution is -0.385. The minimum atomic E-state index is -0.421. The Balaban J connectivity index is 1.83. The highest BCUT2D eigenvalue weighted by atomic mass is 35.5. The third-order valence-corrected chi connectivity index (χ3v) is 3.96. The molecule has 0 amide bonds. The summed E-state index contributed by atoms with van der Waals surface area (Å²) >= 11 is 6.01. The summed E-state index contributed by atoms with van der Waals surface area (Å²) in [5.41, 5.74) is 0.484. The minimum absolute atomic E-state index is 0.0248. The van der Waals surface area contributed by atoms with Gasteiger partial charge in [-0.3, -0.25) is 10.1 Å². The molecule has 0 bridgehead atoms. The lowest BCUT2D eigenvalue weighted by Gasteiger charge is -2.22. The van der Waals surface area contributed by atoms with Crippen LogP contribution >= 0.6 is 11.6 Å². The summed E-state index contributed by atoms with van der Waals surface area (Å²) in [6.07, 6.45) is 3.41. The van der Waals surface area contributed by atoms with Gasteiger partial charge in [0.2, 0.25) is 0 Å². The monoisotopic (exact) mass is 298 g/mol. The standard InChI is InChI=1S/C14H19ClN2O3/c15-13-4-1-5-14(17(18)19)12(13)10-20-8-6-11-3-2-7-16-9-11/h1,4-5,11,16H,2-3,6-10H2. The molecule has 1 aliphatic rings. The zero-order valence-corrected chi connectivity index (χ0v) is 12.1. The number of nitrogens with one attached hydrogen (secondary N) is 1. The van der Waals surface area contributed by atoms with E-state index in [1.54, 1.807) is 12.1 Å². The van der Waals surface area contributed by atoms with Gasteiger partial charge in [0.25, 0.3) is 5.69 Å². The number of nitro groups is 1. The Morgan fingerprint density at radius 3 is 3.05 bits per heavy atom. The van der Waals surface area contributed by atoms with Gasteiger partial charge in [-0.2, -0.15) is 0 Å². The molecule has 1 atom stereocenters. The van der Waals surface area contributed by atoms with Gasteiger partial charge in [0.15, 0.2) is 0 Å². The molecule has 0 saturated carbocycles. The molecule has 1 aliphatic heterocycles. The summed E-state index contributed by atoms with van der Waals surface area (Å²) in [4.78, 5) is 10.5. The van der Waals surface area contributed by atoms with Crippen LogP contribution in [0, 0.1) is 16.0 Å². The second-order valence-corrected chi connectivity index (χ2v) is 5.46. The first kappa shape index (κ1) is 15.2. The molecular formula is C14H19ClN2O3. The van der Waals surface area contributed by atoms with E-state index in [9.17, 15) is 10.1 Å². The second kappa shape index (κ2) is 7.57. The maximum absolute atomic E-state index is 10.9. The molecule has 110 valence electrons. The Kier molecular flexibility index (Phi) is 5.76. The number of hydrogen-bond donors (Lipinski definition) is 1. The molecule has 1 aromatic carbocycles. The van der Waals surface area contributed by atoms with Crippen molar-refractivity contribution in [3.8, 4) is 0 Å². The number of piperidine rings is 1. The van der Waals surface area contributed by atoms with Crippen molar-refractivity contribution in [1.82, 2.24) is 5.32 Å². The van der Waals surface area contributed by atoms with Gasteiger partial charge < -0.3 is 10.1 Å². The van der Waals surface area contributed by atoms with Gasteiger partial charge in [-0.1, -0.05) is 17.7 Å². The normalized spacial score (nSPS) is 18.9. The van der Waals surface area contributed by atoms with E-state index in [4.69, 9.17) is 16.3 Å². The van der Waals surface area contributed by atoms with E-state index in [1.807, 2.05) is 0 Å². The zero-order chi connectivity index (χ0) is 14.4. The molecule has 1 fully saturated rings. The van der Waals surface area contributed by atoms with Gasteiger partial charge in [-0.05, 0) is 44.3 Å². The maximum Gasteiger partial charge on any atom is 0.276 e. The quantitative estimate of drug-likeness (QED) is 0.498. The molecule has 0 aromatic heterocycles. The second-order valence-electron chi connectivity index (χ2n) is 5.05. The molecule has 1 aromatic rings. The zero-order valence-electron chi connectivity index (χ0n) is 11.3. The number of ether oxygens (including phenoxy) is 1. The molecule has 0 spiro atoms. The van der Waals surface area contributed by atoms with Crippen molar-refractivity contribution in [2.75, 3.05) is 19.7 Å². The molecule has 1 heterocycles. The molecule has 2 rings (SSSR count). The highest BCUT2D eigenvalue weighted by molar-refractivity contribution is 6.31. The molecule has 20 heavy (non-hydrogen) atoms. The van der Waals surface area contributed by atoms with Crippen LogP contribution in [0.3, 0.4) is 0 Å². The number of halogens is 1. The van der Waals surface area contributed by atoms with Crippen molar-refractivity contribution in [3.63, 3.8) is 0 Å². The third-order valence-electron chi connectivity index (χ3n) is 3.61. The van der Waals surface area contributed by atoms with Crippen molar-refractivity contribution < 1.29 is 9.66 Å². The van der Waals surface area contributed by atoms with E-state index in [1.165, 1.54) is 18.9 Å². The SMILES string of the molecule is O=[N+]([O-])c1cccc(Cl)c1COCCC1CCCNC1. The van der Waals surface area contributed by atoms with Crippen molar-refractivity contribution >= 4 is 17.3 Å². The number of nitrogens with zero attached hydrogens (tertiary/aromatic N) is 1. The van der Waals surface area contributed by atoms with Crippen molar-refractivity contribution in [3.05, 3.63) is 38.9 Å². The molecule has 0 aliphatic carbocycles. The van der Waals surface area contributed by atoms with Gasteiger partial charge in [-0.15, -0.1) is 0 Å². The van der Waals surface area contributed by atoms with Crippen LogP contribution in [-0.2, 0) is 11.3 Å². The average Bonchev–Trinajstić information content (AvgIpc) is 2.45. The van der Waals surface area contributed by atoms with E-state index < -0.39 is 4.92 Å². The maximum atomic E-state index is 10.9. The van der Waals surface area contributed by atoms with Crippen LogP contribution in [0.25, 0.3) is 0 Å². The van der Waals surface area contributed by atoms with Crippen molar-refractivity contribution in [2.24, 2.45) is 5.92 Å². The predicted molar refractivity (Wildman–Crippen MR) is 78.0 cm³/mol. The van der Waals surface area contributed by atoms with Gasteiger partial charge >= 0.3 is 0 Å². The largest absolute Gasteiger partial charge is 0.376 e. The van der Waals surface area contributed by atoms with E-state index in [0.29, 0.717) is 23.1 Å². The highest BCUT2D eigenvalue weighted by Crippen LogP contribution is 2.27. The molecule has 1 unspecified atom stereocenters. The lowest BCUT2D eigenvalue weighted by atomic mass is 9.97. The number of nitro benzene ring substituents is 1. The Morgan fingerprint density at radius 2 is 2.35 bits per heavy atom. The summed E-state index contributed by atoms with van der Waals surface area (Å²) in [6, 6.07) is 4.69. The van der Waals surface area contributed by atoms with Gasteiger partial charge in [0, 0.05) is 12.7 Å². The topological polar surface area (TPSA) is 64.4 Å². The third kappa shape index (κ3) is 4.16. The summed E-state index contributed by atoms with van der Waals surface area (Å²) in [5, 5.41) is 14.7. The van der Waals surface area contributed by atoms with Crippen LogP contribution in [-0.4, -0.2) is 24.6 Å². The van der Waals surface area contributed by atoms with Gasteiger partial charge in [-0.25, -0.2) is 0 Å². The highest BCUT2D eigenvalue weighted by Gasteiger charge is 2.17.